The molecule has 0 radical (unpaired) electrons. The highest BCUT2D eigenvalue weighted by Gasteiger charge is 2.33. The molecule has 0 saturated heterocycles. The average Bonchev–Trinajstić information content (AvgIpc) is 3.40. The highest BCUT2D eigenvalue weighted by atomic mass is 19.3. The SMILES string of the molecule is Cn1cc(NC(=O)c2nc(-c3ccc(OC(F)F)c(OCC4CC4)c3)oc2[C@H](CC(C)(C)C)OC(N)=O)cn1. The van der Waals surface area contributed by atoms with Gasteiger partial charge in [0.2, 0.25) is 5.89 Å². The summed E-state index contributed by atoms with van der Waals surface area (Å²) < 4.78 is 49.2. The lowest BCUT2D eigenvalue weighted by atomic mass is 9.88. The molecule has 1 aromatic carbocycles. The summed E-state index contributed by atoms with van der Waals surface area (Å²) in [5.41, 5.74) is 5.57. The zero-order valence-electron chi connectivity index (χ0n) is 22.1. The molecule has 0 unspecified atom stereocenters. The first-order chi connectivity index (χ1) is 18.4. The van der Waals surface area contributed by atoms with Gasteiger partial charge in [0.25, 0.3) is 5.91 Å². The summed E-state index contributed by atoms with van der Waals surface area (Å²) in [6, 6.07) is 4.22. The van der Waals surface area contributed by atoms with Crippen molar-refractivity contribution in [3.05, 3.63) is 42.0 Å². The lowest BCUT2D eigenvalue weighted by molar-refractivity contribution is -0.0515. The molecule has 4 rings (SSSR count). The van der Waals surface area contributed by atoms with Gasteiger partial charge in [-0.1, -0.05) is 20.8 Å². The minimum atomic E-state index is -3.04. The molecule has 11 nitrogen and oxygen atoms in total. The zero-order chi connectivity index (χ0) is 28.3. The highest BCUT2D eigenvalue weighted by molar-refractivity contribution is 6.03. The number of nitrogens with two attached hydrogens (primary N) is 1. The normalized spacial score (nSPS) is 14.2. The third-order valence-electron chi connectivity index (χ3n) is 5.76. The Kier molecular flexibility index (Phi) is 8.07. The number of benzene rings is 1. The van der Waals surface area contributed by atoms with E-state index in [0.29, 0.717) is 23.8 Å². The number of rotatable bonds is 11. The molecule has 0 aliphatic heterocycles. The number of ether oxygens (including phenoxy) is 3. The Hall–Kier alpha value is -4.16. The van der Waals surface area contributed by atoms with Crippen LogP contribution in [0.4, 0.5) is 19.3 Å². The second-order valence-electron chi connectivity index (χ2n) is 10.6. The lowest BCUT2D eigenvalue weighted by Gasteiger charge is -2.24. The van der Waals surface area contributed by atoms with E-state index in [2.05, 4.69) is 20.1 Å². The molecule has 13 heteroatoms. The molecule has 1 aliphatic carbocycles. The number of carbonyl (C=O) groups is 2. The van der Waals surface area contributed by atoms with E-state index in [1.807, 2.05) is 20.8 Å². The molecule has 2 amide bonds. The van der Waals surface area contributed by atoms with E-state index < -0.39 is 24.7 Å². The molecular weight excluding hydrogens is 516 g/mol. The zero-order valence-corrected chi connectivity index (χ0v) is 22.1. The molecular formula is C26H31F2N5O6. The summed E-state index contributed by atoms with van der Waals surface area (Å²) in [7, 11) is 1.69. The Balaban J connectivity index is 1.75. The number of hydrogen-bond donors (Lipinski definition) is 2. The van der Waals surface area contributed by atoms with Gasteiger partial charge < -0.3 is 29.7 Å². The van der Waals surface area contributed by atoms with Crippen LogP contribution in [0.2, 0.25) is 0 Å². The number of hydrogen-bond acceptors (Lipinski definition) is 8. The fourth-order valence-corrected chi connectivity index (χ4v) is 3.84. The van der Waals surface area contributed by atoms with E-state index in [9.17, 15) is 18.4 Å². The molecule has 39 heavy (non-hydrogen) atoms. The summed E-state index contributed by atoms with van der Waals surface area (Å²) in [5, 5.41) is 6.72. The van der Waals surface area contributed by atoms with Crippen LogP contribution in [-0.4, -0.2) is 40.0 Å². The van der Waals surface area contributed by atoms with Crippen LogP contribution >= 0.6 is 0 Å². The summed E-state index contributed by atoms with van der Waals surface area (Å²) >= 11 is 0. The first-order valence-electron chi connectivity index (χ1n) is 12.4. The van der Waals surface area contributed by atoms with Gasteiger partial charge in [-0.15, -0.1) is 0 Å². The second-order valence-corrected chi connectivity index (χ2v) is 10.6. The minimum absolute atomic E-state index is 0.0199. The Morgan fingerprint density at radius 2 is 2.00 bits per heavy atom. The number of carbonyl (C=O) groups excluding carboxylic acids is 2. The van der Waals surface area contributed by atoms with Crippen molar-refractivity contribution < 1.29 is 37.0 Å². The van der Waals surface area contributed by atoms with Crippen molar-refractivity contribution in [2.45, 2.75) is 52.7 Å². The third kappa shape index (κ3) is 7.68. The van der Waals surface area contributed by atoms with Crippen LogP contribution in [0, 0.1) is 11.3 Å². The molecule has 2 heterocycles. The topological polar surface area (TPSA) is 144 Å². The van der Waals surface area contributed by atoms with E-state index in [1.54, 1.807) is 13.2 Å². The molecule has 1 aliphatic rings. The van der Waals surface area contributed by atoms with Crippen LogP contribution in [0.15, 0.2) is 35.0 Å². The summed E-state index contributed by atoms with van der Waals surface area (Å²) in [5.74, 6) is -0.378. The summed E-state index contributed by atoms with van der Waals surface area (Å²) in [6.07, 6.45) is 3.22. The predicted molar refractivity (Wildman–Crippen MR) is 135 cm³/mol. The molecule has 0 bridgehead atoms. The maximum Gasteiger partial charge on any atom is 0.405 e. The van der Waals surface area contributed by atoms with E-state index in [-0.39, 0.29) is 40.7 Å². The number of oxazole rings is 1. The minimum Gasteiger partial charge on any atom is -0.489 e. The largest absolute Gasteiger partial charge is 0.489 e. The number of alkyl halides is 2. The van der Waals surface area contributed by atoms with Crippen molar-refractivity contribution in [3.8, 4) is 23.0 Å². The van der Waals surface area contributed by atoms with Gasteiger partial charge in [-0.25, -0.2) is 9.78 Å². The number of aryl methyl sites for hydroxylation is 1. The van der Waals surface area contributed by atoms with Gasteiger partial charge >= 0.3 is 12.7 Å². The van der Waals surface area contributed by atoms with Crippen molar-refractivity contribution in [1.82, 2.24) is 14.8 Å². The lowest BCUT2D eigenvalue weighted by Crippen LogP contribution is -2.23. The Morgan fingerprint density at radius 1 is 1.26 bits per heavy atom. The predicted octanol–water partition coefficient (Wildman–Crippen LogP) is 5.29. The number of anilines is 1. The number of aromatic nitrogens is 3. The monoisotopic (exact) mass is 547 g/mol. The van der Waals surface area contributed by atoms with Crippen LogP contribution in [0.1, 0.15) is 62.4 Å². The van der Waals surface area contributed by atoms with Crippen LogP contribution in [0.3, 0.4) is 0 Å². The molecule has 1 atom stereocenters. The first kappa shape index (κ1) is 27.9. The number of primary amides is 1. The Morgan fingerprint density at radius 3 is 2.59 bits per heavy atom. The quantitative estimate of drug-likeness (QED) is 0.330. The number of amides is 2. The van der Waals surface area contributed by atoms with Crippen molar-refractivity contribution >= 4 is 17.7 Å². The van der Waals surface area contributed by atoms with E-state index in [4.69, 9.17) is 19.6 Å². The molecule has 1 fully saturated rings. The molecule has 3 aromatic rings. The van der Waals surface area contributed by atoms with Crippen LogP contribution in [0.5, 0.6) is 11.5 Å². The second kappa shape index (κ2) is 11.3. The molecule has 210 valence electrons. The van der Waals surface area contributed by atoms with Crippen LogP contribution < -0.4 is 20.5 Å². The Bertz CT molecular complexity index is 1330. The standard InChI is InChI=1S/C26H31F2N5O6/c1-26(2,3)10-19(38-25(29)35)21-20(22(34)31-16-11-30-33(4)12-16)32-23(39-21)15-7-8-17(37-24(27)28)18(9-15)36-13-14-5-6-14/h7-9,11-12,14,19,24H,5-6,10,13H2,1-4H3,(H2,29,35)(H,31,34)/t19-/m0/s1. The van der Waals surface area contributed by atoms with Crippen molar-refractivity contribution in [2.75, 3.05) is 11.9 Å². The molecule has 3 N–H and O–H groups in total. The number of nitrogens with one attached hydrogen (secondary N) is 1. The fourth-order valence-electron chi connectivity index (χ4n) is 3.84. The van der Waals surface area contributed by atoms with Gasteiger partial charge in [0.15, 0.2) is 29.1 Å². The van der Waals surface area contributed by atoms with E-state index in [0.717, 1.165) is 12.8 Å². The molecule has 2 aromatic heterocycles. The van der Waals surface area contributed by atoms with Crippen LogP contribution in [-0.2, 0) is 11.8 Å². The summed E-state index contributed by atoms with van der Waals surface area (Å²) in [4.78, 5) is 29.5. The van der Waals surface area contributed by atoms with Gasteiger partial charge in [0.05, 0.1) is 18.5 Å². The highest BCUT2D eigenvalue weighted by Crippen LogP contribution is 2.39. The van der Waals surface area contributed by atoms with E-state index >= 15 is 0 Å². The maximum absolute atomic E-state index is 13.3. The van der Waals surface area contributed by atoms with E-state index in [1.165, 1.54) is 29.1 Å². The van der Waals surface area contributed by atoms with Crippen molar-refractivity contribution in [3.63, 3.8) is 0 Å². The van der Waals surface area contributed by atoms with Crippen molar-refractivity contribution in [1.29, 1.82) is 0 Å². The first-order valence-corrected chi connectivity index (χ1v) is 12.4. The Labute approximate surface area is 223 Å². The van der Waals surface area contributed by atoms with Crippen molar-refractivity contribution in [2.24, 2.45) is 24.1 Å². The molecule has 0 spiro atoms. The molecule has 1 saturated carbocycles. The maximum atomic E-state index is 13.3. The third-order valence-corrected chi connectivity index (χ3v) is 5.76. The number of nitrogens with zero attached hydrogens (tertiary/aromatic N) is 3. The van der Waals surface area contributed by atoms with Gasteiger partial charge in [-0.05, 0) is 48.8 Å². The van der Waals surface area contributed by atoms with Gasteiger partial charge in [-0.2, -0.15) is 13.9 Å². The van der Waals surface area contributed by atoms with Gasteiger partial charge in [0, 0.05) is 18.8 Å². The fraction of sp³-hybridized carbons (Fsp3) is 0.462. The van der Waals surface area contributed by atoms with Crippen LogP contribution in [0.25, 0.3) is 11.5 Å². The van der Waals surface area contributed by atoms with Gasteiger partial charge in [-0.3, -0.25) is 9.48 Å². The summed E-state index contributed by atoms with van der Waals surface area (Å²) in [6.45, 7) is 3.06. The smallest absolute Gasteiger partial charge is 0.405 e. The van der Waals surface area contributed by atoms with Gasteiger partial charge in [0.1, 0.15) is 0 Å². The number of halogens is 2. The average molecular weight is 548 g/mol.